The Bertz CT molecular complexity index is 835. The highest BCUT2D eigenvalue weighted by atomic mass is 16.5. The summed E-state index contributed by atoms with van der Waals surface area (Å²) < 4.78 is 5.55. The Morgan fingerprint density at radius 1 is 1.25 bits per heavy atom. The van der Waals surface area contributed by atoms with Gasteiger partial charge in [-0.15, -0.1) is 0 Å². The Labute approximate surface area is 142 Å². The number of nitrogens with zero attached hydrogens (tertiary/aromatic N) is 1. The maximum absolute atomic E-state index is 5.55. The molecule has 1 aliphatic carbocycles. The minimum absolute atomic E-state index is 0.816. The number of hydrogen-bond donors (Lipinski definition) is 2. The van der Waals surface area contributed by atoms with Gasteiger partial charge in [0.2, 0.25) is 0 Å². The Hall–Kier alpha value is -2.49. The van der Waals surface area contributed by atoms with E-state index >= 15 is 0 Å². The van der Waals surface area contributed by atoms with Crippen molar-refractivity contribution in [2.75, 3.05) is 7.11 Å². The molecular formula is C20H23N3O. The average molecular weight is 321 g/mol. The van der Waals surface area contributed by atoms with Gasteiger partial charge in [0.25, 0.3) is 0 Å². The van der Waals surface area contributed by atoms with Crippen molar-refractivity contribution in [3.63, 3.8) is 0 Å². The number of H-pyrrole nitrogens is 2. The summed E-state index contributed by atoms with van der Waals surface area (Å²) in [6.45, 7) is 2.22. The number of fused-ring (bicyclic) bond motifs is 1. The lowest BCUT2D eigenvalue weighted by Gasteiger charge is -2.13. The van der Waals surface area contributed by atoms with E-state index in [1.165, 1.54) is 41.8 Å². The number of methoxy groups -OCH3 is 1. The molecule has 2 aliphatic rings. The van der Waals surface area contributed by atoms with Gasteiger partial charge in [-0.25, -0.2) is 4.99 Å². The molecule has 2 aromatic heterocycles. The SMILES string of the molecule is CCc1[nH]c(/C=C2/N=C(c3ccc[nH]3)C=C2OC)c2c1CCCC2. The van der Waals surface area contributed by atoms with Gasteiger partial charge in [-0.1, -0.05) is 6.92 Å². The Balaban J connectivity index is 1.76. The minimum Gasteiger partial charge on any atom is -0.494 e. The third-order valence-corrected chi connectivity index (χ3v) is 4.93. The van der Waals surface area contributed by atoms with Crippen molar-refractivity contribution in [1.29, 1.82) is 0 Å². The average Bonchev–Trinajstić information content (AvgIpc) is 3.33. The summed E-state index contributed by atoms with van der Waals surface area (Å²) in [7, 11) is 1.70. The van der Waals surface area contributed by atoms with Crippen molar-refractivity contribution in [2.24, 2.45) is 4.99 Å². The van der Waals surface area contributed by atoms with Crippen molar-refractivity contribution in [2.45, 2.75) is 39.0 Å². The zero-order valence-electron chi connectivity index (χ0n) is 14.3. The lowest BCUT2D eigenvalue weighted by Crippen LogP contribution is -2.02. The number of allylic oxidation sites excluding steroid dienone is 1. The number of nitrogens with one attached hydrogen (secondary N) is 2. The number of aliphatic imine (C=N–C) groups is 1. The zero-order valence-corrected chi connectivity index (χ0v) is 14.3. The summed E-state index contributed by atoms with van der Waals surface area (Å²) in [5, 5.41) is 0. The van der Waals surface area contributed by atoms with Crippen LogP contribution in [0.4, 0.5) is 0 Å². The molecular weight excluding hydrogens is 298 g/mol. The molecule has 0 aromatic carbocycles. The molecule has 0 atom stereocenters. The van der Waals surface area contributed by atoms with E-state index < -0.39 is 0 Å². The first-order chi connectivity index (χ1) is 11.8. The second kappa shape index (κ2) is 6.19. The highest BCUT2D eigenvalue weighted by molar-refractivity contribution is 6.11. The molecule has 4 nitrogen and oxygen atoms in total. The summed E-state index contributed by atoms with van der Waals surface area (Å²) in [6.07, 6.45) is 12.0. The first-order valence-electron chi connectivity index (χ1n) is 8.73. The minimum atomic E-state index is 0.816. The van der Waals surface area contributed by atoms with E-state index in [0.29, 0.717) is 0 Å². The van der Waals surface area contributed by atoms with Gasteiger partial charge in [0.15, 0.2) is 0 Å². The second-order valence-electron chi connectivity index (χ2n) is 6.36. The van der Waals surface area contributed by atoms with E-state index in [2.05, 4.69) is 23.0 Å². The van der Waals surface area contributed by atoms with Crippen LogP contribution in [-0.4, -0.2) is 22.8 Å². The van der Waals surface area contributed by atoms with Gasteiger partial charge >= 0.3 is 0 Å². The third kappa shape index (κ3) is 2.52. The number of aromatic amines is 2. The first kappa shape index (κ1) is 15.1. The van der Waals surface area contributed by atoms with Crippen molar-refractivity contribution in [3.05, 3.63) is 64.1 Å². The van der Waals surface area contributed by atoms with Crippen LogP contribution in [0.15, 0.2) is 40.9 Å². The third-order valence-electron chi connectivity index (χ3n) is 4.93. The molecule has 1 aliphatic heterocycles. The van der Waals surface area contributed by atoms with Gasteiger partial charge in [0, 0.05) is 23.7 Å². The molecule has 4 heteroatoms. The molecule has 0 fully saturated rings. The number of aromatic nitrogens is 2. The Kier molecular flexibility index (Phi) is 3.89. The molecule has 0 saturated heterocycles. The van der Waals surface area contributed by atoms with Crippen LogP contribution in [0.5, 0.6) is 0 Å². The molecule has 0 spiro atoms. The summed E-state index contributed by atoms with van der Waals surface area (Å²) >= 11 is 0. The molecule has 124 valence electrons. The van der Waals surface area contributed by atoms with Gasteiger partial charge in [-0.2, -0.15) is 0 Å². The van der Waals surface area contributed by atoms with Gasteiger partial charge in [0.1, 0.15) is 11.5 Å². The highest BCUT2D eigenvalue weighted by Crippen LogP contribution is 2.31. The van der Waals surface area contributed by atoms with Crippen LogP contribution in [-0.2, 0) is 24.0 Å². The molecule has 2 aromatic rings. The lowest BCUT2D eigenvalue weighted by atomic mass is 9.91. The van der Waals surface area contributed by atoms with E-state index in [9.17, 15) is 0 Å². The smallest absolute Gasteiger partial charge is 0.146 e. The molecule has 3 heterocycles. The van der Waals surface area contributed by atoms with Gasteiger partial charge in [0.05, 0.1) is 18.5 Å². The summed E-state index contributed by atoms with van der Waals surface area (Å²) in [6, 6.07) is 4.01. The molecule has 0 amide bonds. The summed E-state index contributed by atoms with van der Waals surface area (Å²) in [5.74, 6) is 0.816. The number of rotatable bonds is 4. The van der Waals surface area contributed by atoms with Crippen LogP contribution >= 0.6 is 0 Å². The van der Waals surface area contributed by atoms with Crippen molar-refractivity contribution < 1.29 is 4.74 Å². The van der Waals surface area contributed by atoms with Gasteiger partial charge in [-0.05, 0) is 61.4 Å². The van der Waals surface area contributed by atoms with Crippen molar-refractivity contribution >= 4 is 11.8 Å². The fraction of sp³-hybridized carbons (Fsp3) is 0.350. The highest BCUT2D eigenvalue weighted by Gasteiger charge is 2.21. The lowest BCUT2D eigenvalue weighted by molar-refractivity contribution is 0.303. The van der Waals surface area contributed by atoms with Crippen LogP contribution in [0.2, 0.25) is 0 Å². The van der Waals surface area contributed by atoms with E-state index in [0.717, 1.165) is 35.7 Å². The normalized spacial score (nSPS) is 18.5. The predicted octanol–water partition coefficient (Wildman–Crippen LogP) is 4.16. The quantitative estimate of drug-likeness (QED) is 0.873. The van der Waals surface area contributed by atoms with Crippen LogP contribution in [0.3, 0.4) is 0 Å². The van der Waals surface area contributed by atoms with Gasteiger partial charge < -0.3 is 14.7 Å². The topological polar surface area (TPSA) is 53.2 Å². The number of aryl methyl sites for hydroxylation is 1. The van der Waals surface area contributed by atoms with E-state index in [-0.39, 0.29) is 0 Å². The first-order valence-corrected chi connectivity index (χ1v) is 8.73. The summed E-state index contributed by atoms with van der Waals surface area (Å²) in [5.41, 5.74) is 8.41. The Morgan fingerprint density at radius 3 is 2.79 bits per heavy atom. The van der Waals surface area contributed by atoms with E-state index in [4.69, 9.17) is 9.73 Å². The monoisotopic (exact) mass is 321 g/mol. The second-order valence-corrected chi connectivity index (χ2v) is 6.36. The predicted molar refractivity (Wildman–Crippen MR) is 97.2 cm³/mol. The largest absolute Gasteiger partial charge is 0.494 e. The van der Waals surface area contributed by atoms with Crippen molar-refractivity contribution in [1.82, 2.24) is 9.97 Å². The zero-order chi connectivity index (χ0) is 16.5. The molecule has 0 saturated carbocycles. The van der Waals surface area contributed by atoms with E-state index in [1.807, 2.05) is 24.4 Å². The summed E-state index contributed by atoms with van der Waals surface area (Å²) in [4.78, 5) is 11.6. The fourth-order valence-corrected chi connectivity index (χ4v) is 3.72. The molecule has 4 rings (SSSR count). The number of ether oxygens (including phenoxy) is 1. The van der Waals surface area contributed by atoms with Crippen LogP contribution in [0.1, 0.15) is 48.0 Å². The maximum atomic E-state index is 5.55. The Morgan fingerprint density at radius 2 is 2.08 bits per heavy atom. The van der Waals surface area contributed by atoms with Crippen LogP contribution in [0, 0.1) is 0 Å². The van der Waals surface area contributed by atoms with E-state index in [1.54, 1.807) is 7.11 Å². The molecule has 2 N–H and O–H groups in total. The standard InChI is InChI=1S/C20H23N3O/c1-3-15-13-7-4-5-8-14(13)17(22-15)11-19-20(24-2)12-18(23-19)16-9-6-10-21-16/h6,9-12,21-22H,3-5,7-8H2,1-2H3/b19-11+. The molecule has 0 radical (unpaired) electrons. The van der Waals surface area contributed by atoms with Crippen LogP contribution < -0.4 is 0 Å². The fourth-order valence-electron chi connectivity index (χ4n) is 3.72. The maximum Gasteiger partial charge on any atom is 0.146 e. The molecule has 0 unspecified atom stereocenters. The van der Waals surface area contributed by atoms with Gasteiger partial charge in [-0.3, -0.25) is 0 Å². The van der Waals surface area contributed by atoms with Crippen molar-refractivity contribution in [3.8, 4) is 0 Å². The molecule has 24 heavy (non-hydrogen) atoms. The number of hydrogen-bond acceptors (Lipinski definition) is 2. The van der Waals surface area contributed by atoms with Crippen LogP contribution in [0.25, 0.3) is 6.08 Å². The molecule has 0 bridgehead atoms.